The summed E-state index contributed by atoms with van der Waals surface area (Å²) in [4.78, 5) is 26.3. The summed E-state index contributed by atoms with van der Waals surface area (Å²) in [5.74, 6) is -0.473. The van der Waals surface area contributed by atoms with E-state index in [4.69, 9.17) is 5.73 Å². The van der Waals surface area contributed by atoms with Gasteiger partial charge in [0.2, 0.25) is 11.8 Å². The SMILES string of the molecule is CC1CCC(C(N)=O)CN1C(=O)Cc1ccc(S)cc1. The minimum atomic E-state index is -0.311. The van der Waals surface area contributed by atoms with Gasteiger partial charge in [-0.2, -0.15) is 0 Å². The molecule has 4 nitrogen and oxygen atoms in total. The van der Waals surface area contributed by atoms with E-state index in [-0.39, 0.29) is 23.8 Å². The maximum Gasteiger partial charge on any atom is 0.227 e. The van der Waals surface area contributed by atoms with Gasteiger partial charge in [-0.15, -0.1) is 12.6 Å². The molecule has 1 aromatic carbocycles. The number of carbonyl (C=O) groups excluding carboxylic acids is 2. The molecule has 2 amide bonds. The second-order valence-corrected chi connectivity index (χ2v) is 5.93. The van der Waals surface area contributed by atoms with Crippen LogP contribution in [-0.4, -0.2) is 29.3 Å². The van der Waals surface area contributed by atoms with Gasteiger partial charge >= 0.3 is 0 Å². The molecule has 0 spiro atoms. The highest BCUT2D eigenvalue weighted by atomic mass is 32.1. The van der Waals surface area contributed by atoms with Crippen molar-refractivity contribution in [1.29, 1.82) is 0 Å². The van der Waals surface area contributed by atoms with Crippen LogP contribution in [-0.2, 0) is 16.0 Å². The topological polar surface area (TPSA) is 63.4 Å². The molecule has 5 heteroatoms. The van der Waals surface area contributed by atoms with E-state index in [0.717, 1.165) is 23.3 Å². The average Bonchev–Trinajstić information content (AvgIpc) is 2.41. The molecule has 2 rings (SSSR count). The van der Waals surface area contributed by atoms with Crippen molar-refractivity contribution in [3.63, 3.8) is 0 Å². The van der Waals surface area contributed by atoms with E-state index in [1.54, 1.807) is 4.90 Å². The molecule has 0 bridgehead atoms. The Balaban J connectivity index is 2.03. The minimum Gasteiger partial charge on any atom is -0.369 e. The van der Waals surface area contributed by atoms with Crippen molar-refractivity contribution < 1.29 is 9.59 Å². The van der Waals surface area contributed by atoms with Crippen LogP contribution >= 0.6 is 12.6 Å². The summed E-state index contributed by atoms with van der Waals surface area (Å²) in [6.07, 6.45) is 1.95. The molecule has 2 unspecified atom stereocenters. The number of piperidine rings is 1. The third-order valence-corrected chi connectivity index (χ3v) is 4.19. The Morgan fingerprint density at radius 2 is 1.95 bits per heavy atom. The summed E-state index contributed by atoms with van der Waals surface area (Å²) < 4.78 is 0. The zero-order chi connectivity index (χ0) is 14.7. The van der Waals surface area contributed by atoms with Crippen molar-refractivity contribution in [2.45, 2.75) is 37.1 Å². The highest BCUT2D eigenvalue weighted by Crippen LogP contribution is 2.22. The number of nitrogens with zero attached hydrogens (tertiary/aromatic N) is 1. The summed E-state index contributed by atoms with van der Waals surface area (Å²) in [6.45, 7) is 2.46. The molecule has 0 saturated carbocycles. The zero-order valence-corrected chi connectivity index (χ0v) is 12.5. The van der Waals surface area contributed by atoms with Crippen molar-refractivity contribution in [1.82, 2.24) is 4.90 Å². The van der Waals surface area contributed by atoms with E-state index in [9.17, 15) is 9.59 Å². The molecule has 1 heterocycles. The number of likely N-dealkylation sites (tertiary alicyclic amines) is 1. The fraction of sp³-hybridized carbons (Fsp3) is 0.467. The number of benzene rings is 1. The van der Waals surface area contributed by atoms with Gasteiger partial charge in [0.15, 0.2) is 0 Å². The normalized spacial score (nSPS) is 22.6. The molecular weight excluding hydrogens is 272 g/mol. The van der Waals surface area contributed by atoms with Gasteiger partial charge in [0, 0.05) is 17.5 Å². The molecule has 1 aliphatic heterocycles. The van der Waals surface area contributed by atoms with E-state index in [1.807, 2.05) is 31.2 Å². The molecule has 1 fully saturated rings. The number of rotatable bonds is 3. The van der Waals surface area contributed by atoms with E-state index >= 15 is 0 Å². The number of thiol groups is 1. The van der Waals surface area contributed by atoms with Crippen LogP contribution in [0.4, 0.5) is 0 Å². The van der Waals surface area contributed by atoms with Crippen molar-refractivity contribution >= 4 is 24.4 Å². The molecule has 20 heavy (non-hydrogen) atoms. The van der Waals surface area contributed by atoms with Gasteiger partial charge in [-0.05, 0) is 37.5 Å². The van der Waals surface area contributed by atoms with Crippen LogP contribution in [0.1, 0.15) is 25.3 Å². The molecular formula is C15H20N2O2S. The van der Waals surface area contributed by atoms with Gasteiger partial charge < -0.3 is 10.6 Å². The van der Waals surface area contributed by atoms with Crippen LogP contribution in [0.2, 0.25) is 0 Å². The largest absolute Gasteiger partial charge is 0.369 e. The lowest BCUT2D eigenvalue weighted by molar-refractivity contribution is -0.136. The van der Waals surface area contributed by atoms with E-state index in [1.165, 1.54) is 0 Å². The van der Waals surface area contributed by atoms with Gasteiger partial charge in [0.05, 0.1) is 12.3 Å². The smallest absolute Gasteiger partial charge is 0.227 e. The lowest BCUT2D eigenvalue weighted by Gasteiger charge is -2.37. The average molecular weight is 292 g/mol. The minimum absolute atomic E-state index is 0.0513. The Morgan fingerprint density at radius 1 is 1.30 bits per heavy atom. The summed E-state index contributed by atoms with van der Waals surface area (Å²) >= 11 is 4.23. The van der Waals surface area contributed by atoms with Crippen molar-refractivity contribution in [2.75, 3.05) is 6.54 Å². The van der Waals surface area contributed by atoms with E-state index in [0.29, 0.717) is 13.0 Å². The fourth-order valence-electron chi connectivity index (χ4n) is 2.58. The summed E-state index contributed by atoms with van der Waals surface area (Å²) in [5, 5.41) is 0. The highest BCUT2D eigenvalue weighted by Gasteiger charge is 2.31. The summed E-state index contributed by atoms with van der Waals surface area (Å²) in [5.41, 5.74) is 6.32. The van der Waals surface area contributed by atoms with Crippen molar-refractivity contribution in [3.05, 3.63) is 29.8 Å². The molecule has 1 aliphatic rings. The molecule has 2 N–H and O–H groups in total. The molecule has 0 aliphatic carbocycles. The van der Waals surface area contributed by atoms with Gasteiger partial charge in [0.25, 0.3) is 0 Å². The number of nitrogens with two attached hydrogens (primary N) is 1. The number of primary amides is 1. The van der Waals surface area contributed by atoms with Crippen LogP contribution in [0.5, 0.6) is 0 Å². The van der Waals surface area contributed by atoms with Gasteiger partial charge in [-0.1, -0.05) is 12.1 Å². The van der Waals surface area contributed by atoms with E-state index in [2.05, 4.69) is 12.6 Å². The molecule has 0 aromatic heterocycles. The molecule has 1 aromatic rings. The second kappa shape index (κ2) is 6.31. The standard InChI is InChI=1S/C15H20N2O2S/c1-10-2-5-12(15(16)19)9-17(10)14(18)8-11-3-6-13(20)7-4-11/h3-4,6-7,10,12,20H,2,5,8-9H2,1H3,(H2,16,19). The Bertz CT molecular complexity index is 501. The second-order valence-electron chi connectivity index (χ2n) is 5.41. The molecule has 0 radical (unpaired) electrons. The van der Waals surface area contributed by atoms with Crippen LogP contribution in [0, 0.1) is 5.92 Å². The molecule has 2 atom stereocenters. The van der Waals surface area contributed by atoms with Crippen LogP contribution in [0.15, 0.2) is 29.2 Å². The summed E-state index contributed by atoms with van der Waals surface area (Å²) in [6, 6.07) is 7.72. The quantitative estimate of drug-likeness (QED) is 0.832. The van der Waals surface area contributed by atoms with Crippen LogP contribution < -0.4 is 5.73 Å². The van der Waals surface area contributed by atoms with Crippen LogP contribution in [0.25, 0.3) is 0 Å². The molecule has 1 saturated heterocycles. The lowest BCUT2D eigenvalue weighted by atomic mass is 9.92. The Hall–Kier alpha value is -1.49. The fourth-order valence-corrected chi connectivity index (χ4v) is 2.73. The first-order valence-electron chi connectivity index (χ1n) is 6.84. The third-order valence-electron chi connectivity index (χ3n) is 3.90. The number of hydrogen-bond acceptors (Lipinski definition) is 3. The van der Waals surface area contributed by atoms with E-state index < -0.39 is 0 Å². The number of amides is 2. The Kier molecular flexibility index (Phi) is 4.70. The highest BCUT2D eigenvalue weighted by molar-refractivity contribution is 7.80. The summed E-state index contributed by atoms with van der Waals surface area (Å²) in [7, 11) is 0. The van der Waals surface area contributed by atoms with Crippen LogP contribution in [0.3, 0.4) is 0 Å². The van der Waals surface area contributed by atoms with Gasteiger partial charge in [-0.25, -0.2) is 0 Å². The predicted molar refractivity (Wildman–Crippen MR) is 80.5 cm³/mol. The van der Waals surface area contributed by atoms with Crippen molar-refractivity contribution in [3.8, 4) is 0 Å². The lowest BCUT2D eigenvalue weighted by Crippen LogP contribution is -2.49. The number of hydrogen-bond donors (Lipinski definition) is 2. The maximum atomic E-state index is 12.4. The maximum absolute atomic E-state index is 12.4. The van der Waals surface area contributed by atoms with Gasteiger partial charge in [-0.3, -0.25) is 9.59 Å². The monoisotopic (exact) mass is 292 g/mol. The number of carbonyl (C=O) groups is 2. The zero-order valence-electron chi connectivity index (χ0n) is 11.6. The van der Waals surface area contributed by atoms with Crippen molar-refractivity contribution in [2.24, 2.45) is 11.7 Å². The van der Waals surface area contributed by atoms with Gasteiger partial charge in [0.1, 0.15) is 0 Å². The molecule has 108 valence electrons. The Labute approximate surface area is 124 Å². The Morgan fingerprint density at radius 3 is 2.55 bits per heavy atom. The first kappa shape index (κ1) is 14.9. The predicted octanol–water partition coefficient (Wildman–Crippen LogP) is 1.63. The first-order valence-corrected chi connectivity index (χ1v) is 7.29. The first-order chi connectivity index (χ1) is 9.47. The third kappa shape index (κ3) is 3.54.